The fourth-order valence-electron chi connectivity index (χ4n) is 1.39. The monoisotopic (exact) mass is 194 g/mol. The molecule has 0 aliphatic heterocycles. The zero-order chi connectivity index (χ0) is 10.8. The van der Waals surface area contributed by atoms with Gasteiger partial charge in [-0.2, -0.15) is 0 Å². The number of hydrogen-bond acceptors (Lipinski definition) is 2. The molecule has 0 amide bonds. The number of hydrogen-bond donors (Lipinski definition) is 2. The van der Waals surface area contributed by atoms with Crippen LogP contribution >= 0.6 is 0 Å². The highest BCUT2D eigenvalue weighted by Gasteiger charge is 2.17. The van der Waals surface area contributed by atoms with E-state index >= 15 is 0 Å². The third-order valence-electron chi connectivity index (χ3n) is 2.08. The van der Waals surface area contributed by atoms with Crippen LogP contribution in [0.2, 0.25) is 0 Å². The van der Waals surface area contributed by atoms with Gasteiger partial charge in [0.1, 0.15) is 5.75 Å². The van der Waals surface area contributed by atoms with Crippen LogP contribution < -0.4 is 0 Å². The van der Waals surface area contributed by atoms with Crippen molar-refractivity contribution in [3.8, 4) is 5.75 Å². The van der Waals surface area contributed by atoms with Gasteiger partial charge in [0.15, 0.2) is 0 Å². The van der Waals surface area contributed by atoms with Gasteiger partial charge in [-0.1, -0.05) is 32.9 Å². The molecule has 2 heteroatoms. The third-order valence-corrected chi connectivity index (χ3v) is 2.08. The van der Waals surface area contributed by atoms with Crippen LogP contribution in [-0.4, -0.2) is 10.2 Å². The minimum Gasteiger partial charge on any atom is -0.508 e. The lowest BCUT2D eigenvalue weighted by Crippen LogP contribution is -2.11. The van der Waals surface area contributed by atoms with Crippen molar-refractivity contribution in [1.82, 2.24) is 0 Å². The fourth-order valence-corrected chi connectivity index (χ4v) is 1.39. The Hall–Kier alpha value is -1.02. The van der Waals surface area contributed by atoms with E-state index in [0.29, 0.717) is 0 Å². The van der Waals surface area contributed by atoms with Gasteiger partial charge in [-0.15, -0.1) is 0 Å². The zero-order valence-electron chi connectivity index (χ0n) is 8.99. The zero-order valence-corrected chi connectivity index (χ0v) is 8.99. The summed E-state index contributed by atoms with van der Waals surface area (Å²) in [5.74, 6) is 0.233. The van der Waals surface area contributed by atoms with Crippen molar-refractivity contribution in [1.29, 1.82) is 0 Å². The lowest BCUT2D eigenvalue weighted by molar-refractivity contribution is 0.122. The number of aliphatic hydroxyl groups is 1. The molecule has 1 aromatic rings. The Morgan fingerprint density at radius 1 is 1.14 bits per heavy atom. The summed E-state index contributed by atoms with van der Waals surface area (Å²) in [6, 6.07) is 6.71. The van der Waals surface area contributed by atoms with Gasteiger partial charge < -0.3 is 10.2 Å². The molecule has 0 bridgehead atoms. The average molecular weight is 194 g/mol. The second-order valence-electron chi connectivity index (χ2n) is 4.87. The normalized spacial score (nSPS) is 14.0. The molecular weight excluding hydrogens is 176 g/mol. The molecule has 0 fully saturated rings. The van der Waals surface area contributed by atoms with Crippen molar-refractivity contribution in [3.05, 3.63) is 29.8 Å². The predicted molar refractivity (Wildman–Crippen MR) is 57.1 cm³/mol. The molecule has 0 aromatic heterocycles. The Kier molecular flexibility index (Phi) is 3.17. The summed E-state index contributed by atoms with van der Waals surface area (Å²) in [6.45, 7) is 6.28. The topological polar surface area (TPSA) is 40.5 Å². The third kappa shape index (κ3) is 3.38. The summed E-state index contributed by atoms with van der Waals surface area (Å²) in [5.41, 5.74) is 0.967. The van der Waals surface area contributed by atoms with Gasteiger partial charge in [0.05, 0.1) is 6.10 Å². The van der Waals surface area contributed by atoms with E-state index in [2.05, 4.69) is 20.8 Å². The Bertz CT molecular complexity index is 282. The second-order valence-corrected chi connectivity index (χ2v) is 4.87. The summed E-state index contributed by atoms with van der Waals surface area (Å²) >= 11 is 0. The number of phenols is 1. The number of benzene rings is 1. The van der Waals surface area contributed by atoms with E-state index in [9.17, 15) is 5.11 Å². The molecule has 78 valence electrons. The molecule has 2 N–H and O–H groups in total. The fraction of sp³-hybridized carbons (Fsp3) is 0.500. The van der Waals surface area contributed by atoms with Gasteiger partial charge in [0, 0.05) is 0 Å². The molecule has 1 unspecified atom stereocenters. The highest BCUT2D eigenvalue weighted by atomic mass is 16.3. The SMILES string of the molecule is CC(C)(C)CC(O)c1ccc(O)cc1. The van der Waals surface area contributed by atoms with Gasteiger partial charge in [-0.05, 0) is 29.5 Å². The predicted octanol–water partition coefficient (Wildman–Crippen LogP) is 2.86. The molecule has 0 aliphatic rings. The van der Waals surface area contributed by atoms with Crippen molar-refractivity contribution in [2.24, 2.45) is 5.41 Å². The average Bonchev–Trinajstić information content (AvgIpc) is 2.02. The molecule has 1 atom stereocenters. The van der Waals surface area contributed by atoms with Crippen molar-refractivity contribution in [3.63, 3.8) is 0 Å². The van der Waals surface area contributed by atoms with Crippen molar-refractivity contribution in [2.75, 3.05) is 0 Å². The molecule has 0 radical (unpaired) electrons. The number of aromatic hydroxyl groups is 1. The van der Waals surface area contributed by atoms with Crippen LogP contribution in [0.4, 0.5) is 0 Å². The van der Waals surface area contributed by atoms with Crippen molar-refractivity contribution in [2.45, 2.75) is 33.3 Å². The Balaban J connectivity index is 2.70. The number of phenolic OH excluding ortho intramolecular Hbond substituents is 1. The summed E-state index contributed by atoms with van der Waals surface area (Å²) < 4.78 is 0. The van der Waals surface area contributed by atoms with Gasteiger partial charge in [0.2, 0.25) is 0 Å². The maximum atomic E-state index is 9.87. The summed E-state index contributed by atoms with van der Waals surface area (Å²) in [7, 11) is 0. The summed E-state index contributed by atoms with van der Waals surface area (Å²) in [5, 5.41) is 19.0. The first-order valence-electron chi connectivity index (χ1n) is 4.85. The van der Waals surface area contributed by atoms with E-state index in [1.807, 2.05) is 0 Å². The van der Waals surface area contributed by atoms with Crippen molar-refractivity contribution < 1.29 is 10.2 Å². The molecule has 1 aromatic carbocycles. The molecule has 1 rings (SSSR count). The molecule has 14 heavy (non-hydrogen) atoms. The van der Waals surface area contributed by atoms with Crippen LogP contribution in [0.5, 0.6) is 5.75 Å². The van der Waals surface area contributed by atoms with E-state index < -0.39 is 6.10 Å². The van der Waals surface area contributed by atoms with E-state index in [0.717, 1.165) is 12.0 Å². The van der Waals surface area contributed by atoms with Crippen LogP contribution in [0.15, 0.2) is 24.3 Å². The van der Waals surface area contributed by atoms with E-state index in [-0.39, 0.29) is 11.2 Å². The van der Waals surface area contributed by atoms with Gasteiger partial charge in [-0.3, -0.25) is 0 Å². The standard InChI is InChI=1S/C12H18O2/c1-12(2,3)8-11(14)9-4-6-10(13)7-5-9/h4-7,11,13-14H,8H2,1-3H3. The molecule has 0 aliphatic carbocycles. The van der Waals surface area contributed by atoms with E-state index in [4.69, 9.17) is 5.11 Å². The highest BCUT2D eigenvalue weighted by molar-refractivity contribution is 5.27. The molecule has 2 nitrogen and oxygen atoms in total. The number of rotatable bonds is 2. The van der Waals surface area contributed by atoms with Crippen LogP contribution in [-0.2, 0) is 0 Å². The first kappa shape index (κ1) is 11.1. The molecule has 0 spiro atoms. The Labute approximate surface area is 85.2 Å². The summed E-state index contributed by atoms with van der Waals surface area (Å²) in [6.07, 6.45) is 0.271. The smallest absolute Gasteiger partial charge is 0.115 e. The van der Waals surface area contributed by atoms with Crippen LogP contribution in [0.3, 0.4) is 0 Å². The molecule has 0 saturated heterocycles. The van der Waals surface area contributed by atoms with Gasteiger partial charge in [0.25, 0.3) is 0 Å². The van der Waals surface area contributed by atoms with E-state index in [1.165, 1.54) is 0 Å². The maximum Gasteiger partial charge on any atom is 0.115 e. The largest absolute Gasteiger partial charge is 0.508 e. The summed E-state index contributed by atoms with van der Waals surface area (Å²) in [4.78, 5) is 0. The minimum atomic E-state index is -0.449. The first-order valence-corrected chi connectivity index (χ1v) is 4.85. The van der Waals surface area contributed by atoms with Crippen molar-refractivity contribution >= 4 is 0 Å². The van der Waals surface area contributed by atoms with Gasteiger partial charge >= 0.3 is 0 Å². The maximum absolute atomic E-state index is 9.87. The minimum absolute atomic E-state index is 0.108. The van der Waals surface area contributed by atoms with Crippen LogP contribution in [0, 0.1) is 5.41 Å². The lowest BCUT2D eigenvalue weighted by Gasteiger charge is -2.22. The molecular formula is C12H18O2. The highest BCUT2D eigenvalue weighted by Crippen LogP contribution is 2.29. The van der Waals surface area contributed by atoms with Crippen LogP contribution in [0.1, 0.15) is 38.9 Å². The quantitative estimate of drug-likeness (QED) is 0.760. The number of aliphatic hydroxyl groups excluding tert-OH is 1. The van der Waals surface area contributed by atoms with Gasteiger partial charge in [-0.25, -0.2) is 0 Å². The first-order chi connectivity index (χ1) is 6.38. The second kappa shape index (κ2) is 4.01. The lowest BCUT2D eigenvalue weighted by atomic mass is 9.87. The van der Waals surface area contributed by atoms with Crippen LogP contribution in [0.25, 0.3) is 0 Å². The van der Waals surface area contributed by atoms with E-state index in [1.54, 1.807) is 24.3 Å². The molecule has 0 heterocycles. The molecule has 0 saturated carbocycles. The Morgan fingerprint density at radius 2 is 1.64 bits per heavy atom. The Morgan fingerprint density at radius 3 is 2.07 bits per heavy atom.